The van der Waals surface area contributed by atoms with Gasteiger partial charge in [0.1, 0.15) is 0 Å². The van der Waals surface area contributed by atoms with Crippen LogP contribution in [0.15, 0.2) is 36.4 Å². The summed E-state index contributed by atoms with van der Waals surface area (Å²) in [6.07, 6.45) is 1.70. The largest absolute Gasteiger partial charge is 0.493 e. The van der Waals surface area contributed by atoms with Crippen molar-refractivity contribution in [2.45, 2.75) is 19.8 Å². The highest BCUT2D eigenvalue weighted by atomic mass is 35.5. The first-order chi connectivity index (χ1) is 11.1. The monoisotopic (exact) mass is 354 g/mol. The standard InChI is InChI=1S/C18H20Cl2O3/c1-13-8-9-16(17(12-13)21-2)22-10-3-4-11-23-18-14(19)6-5-7-15(18)20/h5-9,12H,3-4,10-11H2,1-2H3. The lowest BCUT2D eigenvalue weighted by molar-refractivity contribution is 0.258. The number of hydrogen-bond acceptors (Lipinski definition) is 3. The highest BCUT2D eigenvalue weighted by Crippen LogP contribution is 2.32. The van der Waals surface area contributed by atoms with Crippen molar-refractivity contribution >= 4 is 23.2 Å². The van der Waals surface area contributed by atoms with Gasteiger partial charge in [0.25, 0.3) is 0 Å². The van der Waals surface area contributed by atoms with Gasteiger partial charge in [0.2, 0.25) is 0 Å². The predicted octanol–water partition coefficient (Wildman–Crippen LogP) is 5.55. The predicted molar refractivity (Wildman–Crippen MR) is 94.4 cm³/mol. The summed E-state index contributed by atoms with van der Waals surface area (Å²) in [7, 11) is 1.64. The molecule has 0 aliphatic carbocycles. The molecule has 0 saturated heterocycles. The molecule has 0 unspecified atom stereocenters. The molecule has 2 aromatic rings. The van der Waals surface area contributed by atoms with Crippen LogP contribution in [0.1, 0.15) is 18.4 Å². The first-order valence-corrected chi connectivity index (χ1v) is 8.21. The van der Waals surface area contributed by atoms with E-state index in [9.17, 15) is 0 Å². The van der Waals surface area contributed by atoms with Crippen LogP contribution in [0.2, 0.25) is 10.0 Å². The van der Waals surface area contributed by atoms with Crippen LogP contribution in [0.4, 0.5) is 0 Å². The molecule has 0 aliphatic rings. The second-order valence-electron chi connectivity index (χ2n) is 5.11. The van der Waals surface area contributed by atoms with E-state index in [-0.39, 0.29) is 0 Å². The van der Waals surface area contributed by atoms with E-state index in [1.165, 1.54) is 0 Å². The second-order valence-corrected chi connectivity index (χ2v) is 5.92. The molecule has 0 bridgehead atoms. The lowest BCUT2D eigenvalue weighted by atomic mass is 10.2. The van der Waals surface area contributed by atoms with Crippen LogP contribution in [0, 0.1) is 6.92 Å². The molecule has 124 valence electrons. The summed E-state index contributed by atoms with van der Waals surface area (Å²) in [6, 6.07) is 11.2. The third-order valence-electron chi connectivity index (χ3n) is 3.28. The van der Waals surface area contributed by atoms with Crippen LogP contribution in [-0.4, -0.2) is 20.3 Å². The maximum atomic E-state index is 6.05. The van der Waals surface area contributed by atoms with Crippen LogP contribution in [0.5, 0.6) is 17.2 Å². The quantitative estimate of drug-likeness (QED) is 0.581. The van der Waals surface area contributed by atoms with Crippen molar-refractivity contribution in [3.63, 3.8) is 0 Å². The van der Waals surface area contributed by atoms with E-state index in [4.69, 9.17) is 37.4 Å². The highest BCUT2D eigenvalue weighted by Gasteiger charge is 2.07. The Balaban J connectivity index is 1.72. The fourth-order valence-electron chi connectivity index (χ4n) is 2.07. The summed E-state index contributed by atoms with van der Waals surface area (Å²) in [5.41, 5.74) is 1.14. The minimum Gasteiger partial charge on any atom is -0.493 e. The summed E-state index contributed by atoms with van der Waals surface area (Å²) in [6.45, 7) is 3.15. The molecule has 2 rings (SSSR count). The van der Waals surface area contributed by atoms with Crippen molar-refractivity contribution in [3.05, 3.63) is 52.0 Å². The number of ether oxygens (including phenoxy) is 3. The van der Waals surface area contributed by atoms with E-state index in [1.54, 1.807) is 25.3 Å². The maximum Gasteiger partial charge on any atom is 0.161 e. The molecule has 0 atom stereocenters. The maximum absolute atomic E-state index is 6.05. The van der Waals surface area contributed by atoms with Gasteiger partial charge >= 0.3 is 0 Å². The first-order valence-electron chi connectivity index (χ1n) is 7.46. The highest BCUT2D eigenvalue weighted by molar-refractivity contribution is 6.37. The molecule has 0 aromatic heterocycles. The average Bonchev–Trinajstić information content (AvgIpc) is 2.54. The molecule has 0 N–H and O–H groups in total. The van der Waals surface area contributed by atoms with Crippen molar-refractivity contribution in [1.82, 2.24) is 0 Å². The molecular weight excluding hydrogens is 335 g/mol. The zero-order chi connectivity index (χ0) is 16.7. The number of aryl methyl sites for hydroxylation is 1. The smallest absolute Gasteiger partial charge is 0.161 e. The molecule has 0 aliphatic heterocycles. The van der Waals surface area contributed by atoms with Gasteiger partial charge in [-0.25, -0.2) is 0 Å². The van der Waals surface area contributed by atoms with E-state index in [0.29, 0.717) is 29.0 Å². The number of hydrogen-bond donors (Lipinski definition) is 0. The molecule has 0 amide bonds. The number of benzene rings is 2. The molecule has 0 heterocycles. The zero-order valence-electron chi connectivity index (χ0n) is 13.3. The topological polar surface area (TPSA) is 27.7 Å². The summed E-state index contributed by atoms with van der Waals surface area (Å²) >= 11 is 12.1. The number of para-hydroxylation sites is 1. The number of halogens is 2. The van der Waals surface area contributed by atoms with E-state index in [1.807, 2.05) is 25.1 Å². The van der Waals surface area contributed by atoms with E-state index in [0.717, 1.165) is 29.9 Å². The number of unbranched alkanes of at least 4 members (excludes halogenated alkanes) is 1. The van der Waals surface area contributed by atoms with Gasteiger partial charge in [-0.3, -0.25) is 0 Å². The van der Waals surface area contributed by atoms with Gasteiger partial charge < -0.3 is 14.2 Å². The van der Waals surface area contributed by atoms with Gasteiger partial charge in [-0.2, -0.15) is 0 Å². The minimum absolute atomic E-state index is 0.526. The molecular formula is C18H20Cl2O3. The summed E-state index contributed by atoms with van der Waals surface area (Å²) < 4.78 is 16.7. The molecule has 0 fully saturated rings. The molecule has 0 saturated carbocycles. The fourth-order valence-corrected chi connectivity index (χ4v) is 2.58. The minimum atomic E-state index is 0.526. The van der Waals surface area contributed by atoms with Gasteiger partial charge in [0.05, 0.1) is 30.4 Å². The third-order valence-corrected chi connectivity index (χ3v) is 3.88. The van der Waals surface area contributed by atoms with Crippen LogP contribution < -0.4 is 14.2 Å². The summed E-state index contributed by atoms with van der Waals surface area (Å²) in [5.74, 6) is 2.05. The van der Waals surface area contributed by atoms with Crippen LogP contribution in [-0.2, 0) is 0 Å². The Morgan fingerprint density at radius 2 is 1.52 bits per heavy atom. The Kier molecular flexibility index (Phi) is 6.87. The van der Waals surface area contributed by atoms with E-state index >= 15 is 0 Å². The van der Waals surface area contributed by atoms with Crippen molar-refractivity contribution in [2.24, 2.45) is 0 Å². The van der Waals surface area contributed by atoms with Gasteiger partial charge in [-0.1, -0.05) is 35.3 Å². The van der Waals surface area contributed by atoms with Crippen molar-refractivity contribution < 1.29 is 14.2 Å². The second kappa shape index (κ2) is 8.90. The summed E-state index contributed by atoms with van der Waals surface area (Å²) in [4.78, 5) is 0. The Bertz CT molecular complexity index is 624. The number of methoxy groups -OCH3 is 1. The Labute approximate surface area is 147 Å². The normalized spacial score (nSPS) is 10.4. The van der Waals surface area contributed by atoms with Crippen LogP contribution in [0.3, 0.4) is 0 Å². The van der Waals surface area contributed by atoms with Crippen LogP contribution >= 0.6 is 23.2 Å². The van der Waals surface area contributed by atoms with E-state index < -0.39 is 0 Å². The lowest BCUT2D eigenvalue weighted by Gasteiger charge is -2.12. The van der Waals surface area contributed by atoms with E-state index in [2.05, 4.69) is 0 Å². The fraction of sp³-hybridized carbons (Fsp3) is 0.333. The van der Waals surface area contributed by atoms with Crippen molar-refractivity contribution in [2.75, 3.05) is 20.3 Å². The number of rotatable bonds is 8. The first kappa shape index (κ1) is 17.8. The van der Waals surface area contributed by atoms with Gasteiger partial charge in [-0.05, 0) is 49.6 Å². The van der Waals surface area contributed by atoms with Crippen molar-refractivity contribution in [3.8, 4) is 17.2 Å². The Morgan fingerprint density at radius 3 is 2.17 bits per heavy atom. The van der Waals surface area contributed by atoms with Crippen molar-refractivity contribution in [1.29, 1.82) is 0 Å². The molecule has 5 heteroatoms. The Hall–Kier alpha value is -1.58. The molecule has 3 nitrogen and oxygen atoms in total. The average molecular weight is 355 g/mol. The molecule has 0 spiro atoms. The molecule has 2 aromatic carbocycles. The molecule has 23 heavy (non-hydrogen) atoms. The SMILES string of the molecule is COc1cc(C)ccc1OCCCCOc1c(Cl)cccc1Cl. The zero-order valence-corrected chi connectivity index (χ0v) is 14.8. The Morgan fingerprint density at radius 1 is 0.870 bits per heavy atom. The summed E-state index contributed by atoms with van der Waals surface area (Å²) in [5, 5.41) is 1.05. The van der Waals surface area contributed by atoms with Crippen LogP contribution in [0.25, 0.3) is 0 Å². The molecule has 0 radical (unpaired) electrons. The lowest BCUT2D eigenvalue weighted by Crippen LogP contribution is -2.04. The van der Waals surface area contributed by atoms with Gasteiger partial charge in [0.15, 0.2) is 17.2 Å². The van der Waals surface area contributed by atoms with Gasteiger partial charge in [0, 0.05) is 0 Å². The third kappa shape index (κ3) is 5.22. The van der Waals surface area contributed by atoms with Gasteiger partial charge in [-0.15, -0.1) is 0 Å².